The summed E-state index contributed by atoms with van der Waals surface area (Å²) in [6.07, 6.45) is 0. The van der Waals surface area contributed by atoms with Crippen molar-refractivity contribution >= 4 is 43.9 Å². The van der Waals surface area contributed by atoms with Crippen LogP contribution in [0.2, 0.25) is 0 Å². The van der Waals surface area contributed by atoms with Crippen LogP contribution in [0.4, 0.5) is 0 Å². The van der Waals surface area contributed by atoms with E-state index in [1.54, 1.807) is 0 Å². The van der Waals surface area contributed by atoms with Crippen LogP contribution in [0.1, 0.15) is 0 Å². The lowest BCUT2D eigenvalue weighted by Crippen LogP contribution is -2.00. The second-order valence-electron chi connectivity index (χ2n) is 12.4. The highest BCUT2D eigenvalue weighted by Gasteiger charge is 2.17. The lowest BCUT2D eigenvalue weighted by atomic mass is 9.96. The van der Waals surface area contributed by atoms with Crippen LogP contribution in [0.15, 0.2) is 173 Å². The molecule has 0 aliphatic carbocycles. The topological polar surface area (TPSA) is 65.0 Å². The first-order chi connectivity index (χ1) is 24.7. The average molecular weight is 642 g/mol. The van der Waals surface area contributed by atoms with E-state index in [4.69, 9.17) is 23.8 Å². The molecule has 0 aliphatic heterocycles. The molecule has 10 aromatic rings. The number of aromatic nitrogens is 3. The quantitative estimate of drug-likeness (QED) is 0.187. The number of rotatable bonds is 5. The van der Waals surface area contributed by atoms with Gasteiger partial charge < -0.3 is 8.83 Å². The van der Waals surface area contributed by atoms with Gasteiger partial charge in [-0.15, -0.1) is 0 Å². The van der Waals surface area contributed by atoms with Crippen LogP contribution in [0.3, 0.4) is 0 Å². The molecule has 50 heavy (non-hydrogen) atoms. The Kier molecular flexibility index (Phi) is 6.42. The van der Waals surface area contributed by atoms with Gasteiger partial charge >= 0.3 is 0 Å². The van der Waals surface area contributed by atoms with Crippen molar-refractivity contribution in [1.82, 2.24) is 15.0 Å². The fourth-order valence-electron chi connectivity index (χ4n) is 6.92. The third-order valence-corrected chi connectivity index (χ3v) is 9.34. The van der Waals surface area contributed by atoms with E-state index in [0.717, 1.165) is 82.8 Å². The van der Waals surface area contributed by atoms with Gasteiger partial charge in [-0.2, -0.15) is 0 Å². The largest absolute Gasteiger partial charge is 0.456 e. The molecule has 0 saturated heterocycles. The summed E-state index contributed by atoms with van der Waals surface area (Å²) in [6.45, 7) is 0. The van der Waals surface area contributed by atoms with Crippen LogP contribution >= 0.6 is 0 Å². The number of furan rings is 2. The fraction of sp³-hybridized carbons (Fsp3) is 0. The van der Waals surface area contributed by atoms with E-state index >= 15 is 0 Å². The van der Waals surface area contributed by atoms with Crippen molar-refractivity contribution in [2.45, 2.75) is 0 Å². The second kappa shape index (κ2) is 11.4. The molecule has 3 aromatic heterocycles. The van der Waals surface area contributed by atoms with Crippen LogP contribution in [0, 0.1) is 0 Å². The molecule has 0 N–H and O–H groups in total. The third-order valence-electron chi connectivity index (χ3n) is 9.34. The standard InChI is InChI=1S/C45H27N3O2/c1-3-11-28(12-4-1)43-46-44(29-13-5-2-6-14-29)48-45(47-43)33-16-9-15-30(25-33)31-21-23-36-41(27-31)50-40-20-10-18-34(42(36)40)32-22-24-39-37(26-32)35-17-7-8-19-38(35)49-39/h1-27H. The predicted molar refractivity (Wildman–Crippen MR) is 202 cm³/mol. The number of benzene rings is 7. The first kappa shape index (κ1) is 28.2. The Labute approximate surface area is 287 Å². The van der Waals surface area contributed by atoms with Gasteiger partial charge in [0, 0.05) is 38.2 Å². The molecule has 5 nitrogen and oxygen atoms in total. The maximum Gasteiger partial charge on any atom is 0.164 e. The van der Waals surface area contributed by atoms with Gasteiger partial charge in [-0.1, -0.05) is 121 Å². The minimum Gasteiger partial charge on any atom is -0.456 e. The molecule has 0 unspecified atom stereocenters. The van der Waals surface area contributed by atoms with Crippen LogP contribution in [-0.2, 0) is 0 Å². The van der Waals surface area contributed by atoms with E-state index < -0.39 is 0 Å². The number of para-hydroxylation sites is 1. The van der Waals surface area contributed by atoms with Gasteiger partial charge in [0.1, 0.15) is 22.3 Å². The Bertz CT molecular complexity index is 2810. The van der Waals surface area contributed by atoms with Crippen LogP contribution in [0.5, 0.6) is 0 Å². The normalized spacial score (nSPS) is 11.6. The molecule has 0 bridgehead atoms. The molecule has 3 heterocycles. The first-order valence-electron chi connectivity index (χ1n) is 16.6. The first-order valence-corrected chi connectivity index (χ1v) is 16.6. The molecule has 234 valence electrons. The van der Waals surface area contributed by atoms with Crippen molar-refractivity contribution < 1.29 is 8.83 Å². The zero-order chi connectivity index (χ0) is 33.0. The molecule has 5 heteroatoms. The maximum atomic E-state index is 6.51. The molecule has 0 amide bonds. The molecule has 10 rings (SSSR count). The molecule has 0 fully saturated rings. The molecular weight excluding hydrogens is 615 g/mol. The van der Waals surface area contributed by atoms with E-state index in [-0.39, 0.29) is 0 Å². The van der Waals surface area contributed by atoms with Crippen LogP contribution < -0.4 is 0 Å². The number of nitrogens with zero attached hydrogens (tertiary/aromatic N) is 3. The van der Waals surface area contributed by atoms with Gasteiger partial charge in [0.15, 0.2) is 17.5 Å². The van der Waals surface area contributed by atoms with E-state index in [2.05, 4.69) is 84.9 Å². The van der Waals surface area contributed by atoms with E-state index in [1.807, 2.05) is 78.9 Å². The summed E-state index contributed by atoms with van der Waals surface area (Å²) in [7, 11) is 0. The summed E-state index contributed by atoms with van der Waals surface area (Å²) >= 11 is 0. The van der Waals surface area contributed by atoms with Crippen LogP contribution in [-0.4, -0.2) is 15.0 Å². The lowest BCUT2D eigenvalue weighted by molar-refractivity contribution is 0.669. The highest BCUT2D eigenvalue weighted by Crippen LogP contribution is 2.40. The van der Waals surface area contributed by atoms with Crippen molar-refractivity contribution in [2.24, 2.45) is 0 Å². The van der Waals surface area contributed by atoms with E-state index in [9.17, 15) is 0 Å². The van der Waals surface area contributed by atoms with Gasteiger partial charge in [-0.3, -0.25) is 0 Å². The Morgan fingerprint density at radius 3 is 1.64 bits per heavy atom. The van der Waals surface area contributed by atoms with Gasteiger partial charge in [-0.25, -0.2) is 15.0 Å². The van der Waals surface area contributed by atoms with Crippen molar-refractivity contribution in [3.05, 3.63) is 164 Å². The minimum atomic E-state index is 0.622. The van der Waals surface area contributed by atoms with E-state index in [0.29, 0.717) is 17.5 Å². The summed E-state index contributed by atoms with van der Waals surface area (Å²) in [5.41, 5.74) is 10.6. The highest BCUT2D eigenvalue weighted by atomic mass is 16.3. The smallest absolute Gasteiger partial charge is 0.164 e. The predicted octanol–water partition coefficient (Wildman–Crippen LogP) is 12.0. The molecule has 0 spiro atoms. The van der Waals surface area contributed by atoms with Crippen molar-refractivity contribution in [1.29, 1.82) is 0 Å². The van der Waals surface area contributed by atoms with Gasteiger partial charge in [0.05, 0.1) is 0 Å². The van der Waals surface area contributed by atoms with Crippen molar-refractivity contribution in [2.75, 3.05) is 0 Å². The zero-order valence-electron chi connectivity index (χ0n) is 26.7. The van der Waals surface area contributed by atoms with Gasteiger partial charge in [0.2, 0.25) is 0 Å². The lowest BCUT2D eigenvalue weighted by Gasteiger charge is -2.09. The summed E-state index contributed by atoms with van der Waals surface area (Å²) in [4.78, 5) is 14.7. The van der Waals surface area contributed by atoms with Crippen molar-refractivity contribution in [3.63, 3.8) is 0 Å². The van der Waals surface area contributed by atoms with Crippen molar-refractivity contribution in [3.8, 4) is 56.4 Å². The zero-order valence-corrected chi connectivity index (χ0v) is 26.7. The monoisotopic (exact) mass is 641 g/mol. The molecule has 0 saturated carbocycles. The minimum absolute atomic E-state index is 0.622. The number of hydrogen-bond donors (Lipinski definition) is 0. The molecular formula is C45H27N3O2. The summed E-state index contributed by atoms with van der Waals surface area (Å²) in [5.74, 6) is 1.90. The van der Waals surface area contributed by atoms with Crippen LogP contribution in [0.25, 0.3) is 100 Å². The Hall–Kier alpha value is -6.85. The number of hydrogen-bond acceptors (Lipinski definition) is 5. The maximum absolute atomic E-state index is 6.51. The second-order valence-corrected chi connectivity index (χ2v) is 12.4. The Morgan fingerprint density at radius 1 is 0.300 bits per heavy atom. The summed E-state index contributed by atoms with van der Waals surface area (Å²) < 4.78 is 12.6. The van der Waals surface area contributed by atoms with Gasteiger partial charge in [0.25, 0.3) is 0 Å². The summed E-state index contributed by atoms with van der Waals surface area (Å²) in [6, 6.07) is 55.8. The highest BCUT2D eigenvalue weighted by molar-refractivity contribution is 6.14. The molecule has 0 atom stereocenters. The fourth-order valence-corrected chi connectivity index (χ4v) is 6.92. The average Bonchev–Trinajstić information content (AvgIpc) is 3.76. The summed E-state index contributed by atoms with van der Waals surface area (Å²) in [5, 5.41) is 4.40. The Balaban J connectivity index is 1.07. The molecule has 0 aliphatic rings. The molecule has 7 aromatic carbocycles. The number of fused-ring (bicyclic) bond motifs is 6. The molecule has 0 radical (unpaired) electrons. The van der Waals surface area contributed by atoms with Gasteiger partial charge in [-0.05, 0) is 64.7 Å². The van der Waals surface area contributed by atoms with E-state index in [1.165, 1.54) is 0 Å². The Morgan fingerprint density at radius 2 is 0.860 bits per heavy atom. The third kappa shape index (κ3) is 4.75. The SMILES string of the molecule is c1ccc(-c2nc(-c3ccccc3)nc(-c3cccc(-c4ccc5c(c4)oc4cccc(-c6ccc7oc8ccccc8c7c6)c45)c3)n2)cc1.